The van der Waals surface area contributed by atoms with Gasteiger partial charge >= 0.3 is 0 Å². The van der Waals surface area contributed by atoms with Gasteiger partial charge in [-0.1, -0.05) is 18.7 Å². The summed E-state index contributed by atoms with van der Waals surface area (Å²) in [7, 11) is 0. The molecule has 0 saturated heterocycles. The average Bonchev–Trinajstić information content (AvgIpc) is 2.04. The van der Waals surface area contributed by atoms with Crippen LogP contribution >= 0.6 is 0 Å². The van der Waals surface area contributed by atoms with Crippen LogP contribution in [0.2, 0.25) is 0 Å². The van der Waals surface area contributed by atoms with Gasteiger partial charge < -0.3 is 5.73 Å². The lowest BCUT2D eigenvalue weighted by molar-refractivity contribution is 0.622. The zero-order valence-corrected chi connectivity index (χ0v) is 7.81. The molecule has 0 fully saturated rings. The molecule has 2 heteroatoms. The summed E-state index contributed by atoms with van der Waals surface area (Å²) in [5.74, 6) is -0.210. The Balaban J connectivity index is 3.05. The van der Waals surface area contributed by atoms with Gasteiger partial charge in [-0.15, -0.1) is 0 Å². The fraction of sp³-hybridized carbons (Fsp3) is 0.273. The van der Waals surface area contributed by atoms with Gasteiger partial charge in [-0.3, -0.25) is 0 Å². The van der Waals surface area contributed by atoms with Gasteiger partial charge in [0.2, 0.25) is 0 Å². The van der Waals surface area contributed by atoms with Gasteiger partial charge in [0.15, 0.2) is 0 Å². The van der Waals surface area contributed by atoms with E-state index in [9.17, 15) is 4.39 Å². The van der Waals surface area contributed by atoms with Crippen LogP contribution in [0.15, 0.2) is 24.8 Å². The number of rotatable bonds is 3. The molecule has 0 heterocycles. The van der Waals surface area contributed by atoms with Gasteiger partial charge in [0, 0.05) is 5.56 Å². The minimum Gasteiger partial charge on any atom is -0.330 e. The Bertz CT molecular complexity index is 298. The molecule has 1 rings (SSSR count). The Hall–Kier alpha value is -1.15. The first-order valence-corrected chi connectivity index (χ1v) is 4.30. The Morgan fingerprint density at radius 1 is 1.54 bits per heavy atom. The predicted octanol–water partition coefficient (Wildman–Crippen LogP) is 2.50. The van der Waals surface area contributed by atoms with Crippen molar-refractivity contribution in [3.8, 4) is 0 Å². The van der Waals surface area contributed by atoms with Crippen molar-refractivity contribution in [2.24, 2.45) is 5.73 Å². The first-order chi connectivity index (χ1) is 6.16. The molecule has 0 aliphatic rings. The molecule has 2 N–H and O–H groups in total. The highest BCUT2D eigenvalue weighted by molar-refractivity contribution is 5.66. The van der Waals surface area contributed by atoms with E-state index in [-0.39, 0.29) is 5.82 Å². The molecule has 0 amide bonds. The third-order valence-corrected chi connectivity index (χ3v) is 2.02. The van der Waals surface area contributed by atoms with Crippen LogP contribution in [-0.2, 0) is 0 Å². The van der Waals surface area contributed by atoms with Crippen molar-refractivity contribution >= 4 is 5.57 Å². The van der Waals surface area contributed by atoms with Crippen LogP contribution in [-0.4, -0.2) is 6.54 Å². The second-order valence-electron chi connectivity index (χ2n) is 3.07. The van der Waals surface area contributed by atoms with Crippen molar-refractivity contribution < 1.29 is 4.39 Å². The first kappa shape index (κ1) is 9.93. The molecule has 13 heavy (non-hydrogen) atoms. The van der Waals surface area contributed by atoms with Crippen LogP contribution in [0.3, 0.4) is 0 Å². The summed E-state index contributed by atoms with van der Waals surface area (Å²) in [4.78, 5) is 0. The van der Waals surface area contributed by atoms with E-state index in [4.69, 9.17) is 5.73 Å². The number of halogens is 1. The van der Waals surface area contributed by atoms with Crippen LogP contribution in [0.1, 0.15) is 17.5 Å². The average molecular weight is 179 g/mol. The molecule has 0 radical (unpaired) electrons. The Kier molecular flexibility index (Phi) is 3.20. The third kappa shape index (κ3) is 2.16. The van der Waals surface area contributed by atoms with E-state index < -0.39 is 0 Å². The molecule has 0 spiro atoms. The Labute approximate surface area is 78.1 Å². The summed E-state index contributed by atoms with van der Waals surface area (Å²) < 4.78 is 13.3. The maximum atomic E-state index is 13.3. The molecule has 0 atom stereocenters. The number of benzene rings is 1. The molecule has 0 aliphatic carbocycles. The molecule has 0 unspecified atom stereocenters. The lowest BCUT2D eigenvalue weighted by Gasteiger charge is -2.08. The van der Waals surface area contributed by atoms with Gasteiger partial charge in [0.1, 0.15) is 5.82 Å². The molecule has 1 aromatic carbocycles. The molecular weight excluding hydrogens is 165 g/mol. The Morgan fingerprint density at radius 2 is 2.23 bits per heavy atom. The van der Waals surface area contributed by atoms with Crippen LogP contribution in [0.4, 0.5) is 4.39 Å². The highest BCUT2D eigenvalue weighted by atomic mass is 19.1. The summed E-state index contributed by atoms with van der Waals surface area (Å²) >= 11 is 0. The highest BCUT2D eigenvalue weighted by Crippen LogP contribution is 2.22. The van der Waals surface area contributed by atoms with E-state index in [1.807, 2.05) is 13.0 Å². The molecule has 0 aliphatic heterocycles. The number of hydrogen-bond donors (Lipinski definition) is 1. The van der Waals surface area contributed by atoms with Crippen molar-refractivity contribution in [1.82, 2.24) is 0 Å². The van der Waals surface area contributed by atoms with Crippen molar-refractivity contribution in [1.29, 1.82) is 0 Å². The molecule has 0 aromatic heterocycles. The normalized spacial score (nSPS) is 10.1. The summed E-state index contributed by atoms with van der Waals surface area (Å²) in [6.45, 7) is 6.20. The van der Waals surface area contributed by atoms with E-state index in [2.05, 4.69) is 6.58 Å². The number of hydrogen-bond acceptors (Lipinski definition) is 1. The topological polar surface area (TPSA) is 26.0 Å². The Morgan fingerprint density at radius 3 is 2.77 bits per heavy atom. The van der Waals surface area contributed by atoms with Gasteiger partial charge in [0.25, 0.3) is 0 Å². The number of aryl methyl sites for hydroxylation is 1. The van der Waals surface area contributed by atoms with Crippen LogP contribution in [0.5, 0.6) is 0 Å². The molecule has 1 aromatic rings. The second kappa shape index (κ2) is 4.19. The lowest BCUT2D eigenvalue weighted by atomic mass is 9.99. The quantitative estimate of drug-likeness (QED) is 0.758. The summed E-state index contributed by atoms with van der Waals surface area (Å²) in [5, 5.41) is 0. The smallest absolute Gasteiger partial charge is 0.130 e. The second-order valence-corrected chi connectivity index (χ2v) is 3.07. The van der Waals surface area contributed by atoms with E-state index in [0.717, 1.165) is 11.1 Å². The standard InChI is InChI=1S/C11H14FN/c1-8-4-3-5-10(12)11(8)9(2)6-7-13/h3-5H,2,6-7,13H2,1H3. The molecular formula is C11H14FN. The monoisotopic (exact) mass is 179 g/mol. The third-order valence-electron chi connectivity index (χ3n) is 2.02. The number of nitrogens with two attached hydrogens (primary N) is 1. The van der Waals surface area contributed by atoms with Crippen molar-refractivity contribution in [3.05, 3.63) is 41.7 Å². The van der Waals surface area contributed by atoms with Gasteiger partial charge in [0.05, 0.1) is 0 Å². The van der Waals surface area contributed by atoms with E-state index in [1.54, 1.807) is 6.07 Å². The van der Waals surface area contributed by atoms with Gasteiger partial charge in [-0.25, -0.2) is 4.39 Å². The molecule has 70 valence electrons. The predicted molar refractivity (Wildman–Crippen MR) is 53.8 cm³/mol. The van der Waals surface area contributed by atoms with E-state index >= 15 is 0 Å². The summed E-state index contributed by atoms with van der Waals surface area (Å²) in [6.07, 6.45) is 0.641. The SMILES string of the molecule is C=C(CCN)c1c(C)cccc1F. The maximum absolute atomic E-state index is 13.3. The van der Waals surface area contributed by atoms with Crippen LogP contribution < -0.4 is 5.73 Å². The largest absolute Gasteiger partial charge is 0.330 e. The maximum Gasteiger partial charge on any atom is 0.130 e. The zero-order chi connectivity index (χ0) is 9.84. The minimum atomic E-state index is -0.210. The highest BCUT2D eigenvalue weighted by Gasteiger charge is 2.07. The van der Waals surface area contributed by atoms with Crippen LogP contribution in [0.25, 0.3) is 5.57 Å². The zero-order valence-electron chi connectivity index (χ0n) is 7.81. The van der Waals surface area contributed by atoms with Crippen molar-refractivity contribution in [3.63, 3.8) is 0 Å². The fourth-order valence-corrected chi connectivity index (χ4v) is 1.38. The first-order valence-electron chi connectivity index (χ1n) is 4.30. The summed E-state index contributed by atoms with van der Waals surface area (Å²) in [5.41, 5.74) is 7.69. The minimum absolute atomic E-state index is 0.210. The van der Waals surface area contributed by atoms with Crippen molar-refractivity contribution in [2.45, 2.75) is 13.3 Å². The van der Waals surface area contributed by atoms with Gasteiger partial charge in [-0.05, 0) is 37.1 Å². The molecule has 0 bridgehead atoms. The van der Waals surface area contributed by atoms with Crippen LogP contribution in [0, 0.1) is 12.7 Å². The van der Waals surface area contributed by atoms with Gasteiger partial charge in [-0.2, -0.15) is 0 Å². The van der Waals surface area contributed by atoms with Crippen molar-refractivity contribution in [2.75, 3.05) is 6.54 Å². The fourth-order valence-electron chi connectivity index (χ4n) is 1.38. The van der Waals surface area contributed by atoms with E-state index in [0.29, 0.717) is 18.5 Å². The summed E-state index contributed by atoms with van der Waals surface area (Å²) in [6, 6.07) is 5.02. The molecule has 0 saturated carbocycles. The molecule has 1 nitrogen and oxygen atoms in total. The lowest BCUT2D eigenvalue weighted by Crippen LogP contribution is -2.01. The van der Waals surface area contributed by atoms with E-state index in [1.165, 1.54) is 6.07 Å².